The smallest absolute Gasteiger partial charge is 0.232 e. The monoisotopic (exact) mass is 363 g/mol. The summed E-state index contributed by atoms with van der Waals surface area (Å²) in [7, 11) is 0. The molecule has 2 amide bonds. The van der Waals surface area contributed by atoms with Gasteiger partial charge in [0.25, 0.3) is 0 Å². The van der Waals surface area contributed by atoms with Crippen LogP contribution in [0, 0.1) is 5.41 Å². The number of piperidine rings is 2. The van der Waals surface area contributed by atoms with Gasteiger partial charge in [-0.25, -0.2) is 0 Å². The Morgan fingerprint density at radius 1 is 1.28 bits per heavy atom. The number of carbonyl (C=O) groups excluding carboxylic acids is 2. The molecule has 7 heteroatoms. The van der Waals surface area contributed by atoms with Crippen LogP contribution >= 0.6 is 11.8 Å². The predicted octanol–water partition coefficient (Wildman–Crippen LogP) is 1.40. The molecule has 0 aliphatic carbocycles. The van der Waals surface area contributed by atoms with E-state index in [1.165, 1.54) is 11.8 Å². The molecule has 0 bridgehead atoms. The molecule has 0 aromatic carbocycles. The zero-order chi connectivity index (χ0) is 17.9. The molecule has 1 spiro atoms. The van der Waals surface area contributed by atoms with E-state index in [0.29, 0.717) is 31.9 Å². The minimum Gasteiger partial charge on any atom is -0.391 e. The van der Waals surface area contributed by atoms with Gasteiger partial charge < -0.3 is 14.9 Å². The summed E-state index contributed by atoms with van der Waals surface area (Å²) in [5.74, 6) is 0.598. The van der Waals surface area contributed by atoms with Gasteiger partial charge in [0.2, 0.25) is 11.8 Å². The topological polar surface area (TPSA) is 73.7 Å². The average Bonchev–Trinajstić information content (AvgIpc) is 2.60. The normalized spacial score (nSPS) is 22.9. The number of hydrogen-bond acceptors (Lipinski definition) is 5. The number of aromatic nitrogens is 1. The van der Waals surface area contributed by atoms with Crippen LogP contribution in [0.1, 0.15) is 26.2 Å². The van der Waals surface area contributed by atoms with E-state index in [1.807, 2.05) is 17.0 Å². The highest BCUT2D eigenvalue weighted by Gasteiger charge is 2.42. The number of amides is 2. The number of carbonyl (C=O) groups is 2. The largest absolute Gasteiger partial charge is 0.391 e. The molecule has 1 aromatic heterocycles. The van der Waals surface area contributed by atoms with Gasteiger partial charge in [0, 0.05) is 50.4 Å². The fourth-order valence-electron chi connectivity index (χ4n) is 3.86. The second kappa shape index (κ2) is 7.74. The van der Waals surface area contributed by atoms with Crippen LogP contribution in [-0.2, 0) is 9.59 Å². The van der Waals surface area contributed by atoms with Crippen LogP contribution in [0.5, 0.6) is 0 Å². The zero-order valence-corrected chi connectivity index (χ0v) is 15.4. The molecule has 25 heavy (non-hydrogen) atoms. The first-order valence-corrected chi connectivity index (χ1v) is 9.70. The molecule has 1 atom stereocenters. The van der Waals surface area contributed by atoms with Crippen LogP contribution in [0.15, 0.2) is 29.4 Å². The number of hydrogen-bond donors (Lipinski definition) is 1. The molecule has 6 nitrogen and oxygen atoms in total. The van der Waals surface area contributed by atoms with Crippen molar-refractivity contribution in [2.75, 3.05) is 31.9 Å². The van der Waals surface area contributed by atoms with E-state index < -0.39 is 6.10 Å². The highest BCUT2D eigenvalue weighted by atomic mass is 32.2. The lowest BCUT2D eigenvalue weighted by Gasteiger charge is -2.49. The molecular weight excluding hydrogens is 338 g/mol. The predicted molar refractivity (Wildman–Crippen MR) is 96.1 cm³/mol. The van der Waals surface area contributed by atoms with Gasteiger partial charge in [0.05, 0.1) is 11.9 Å². The van der Waals surface area contributed by atoms with Crippen LogP contribution in [-0.4, -0.2) is 69.7 Å². The number of thioether (sulfide) groups is 1. The number of aliphatic hydroxyl groups excluding tert-OH is 1. The Hall–Kier alpha value is -1.60. The van der Waals surface area contributed by atoms with Gasteiger partial charge in [-0.2, -0.15) is 0 Å². The van der Waals surface area contributed by atoms with Gasteiger partial charge in [-0.15, -0.1) is 11.8 Å². The maximum Gasteiger partial charge on any atom is 0.232 e. The Labute approximate surface area is 152 Å². The van der Waals surface area contributed by atoms with Crippen molar-refractivity contribution in [3.05, 3.63) is 24.5 Å². The molecule has 2 saturated heterocycles. The van der Waals surface area contributed by atoms with Crippen LogP contribution in [0.2, 0.25) is 0 Å². The molecule has 0 saturated carbocycles. The maximum absolute atomic E-state index is 12.5. The summed E-state index contributed by atoms with van der Waals surface area (Å²) in [5, 5.41) is 10.1. The van der Waals surface area contributed by atoms with Crippen LogP contribution in [0.4, 0.5) is 0 Å². The molecule has 3 rings (SSSR count). The Kier molecular flexibility index (Phi) is 5.64. The molecule has 3 heterocycles. The highest BCUT2D eigenvalue weighted by molar-refractivity contribution is 8.00. The van der Waals surface area contributed by atoms with E-state index in [2.05, 4.69) is 4.98 Å². The van der Waals surface area contributed by atoms with Crippen molar-refractivity contribution in [3.8, 4) is 0 Å². The van der Waals surface area contributed by atoms with Crippen LogP contribution in [0.25, 0.3) is 0 Å². The highest BCUT2D eigenvalue weighted by Crippen LogP contribution is 2.40. The number of aliphatic hydroxyl groups is 1. The minimum absolute atomic E-state index is 0.0189. The molecule has 2 aliphatic rings. The molecule has 1 N–H and O–H groups in total. The van der Waals surface area contributed by atoms with Crippen molar-refractivity contribution in [3.63, 3.8) is 0 Å². The third-order valence-electron chi connectivity index (χ3n) is 5.26. The van der Waals surface area contributed by atoms with Gasteiger partial charge in [0.15, 0.2) is 0 Å². The van der Waals surface area contributed by atoms with Crippen molar-refractivity contribution >= 4 is 23.6 Å². The summed E-state index contributed by atoms with van der Waals surface area (Å²) in [6, 6.07) is 3.81. The quantitative estimate of drug-likeness (QED) is 0.822. The Balaban J connectivity index is 1.52. The summed E-state index contributed by atoms with van der Waals surface area (Å²) < 4.78 is 0. The Morgan fingerprint density at radius 3 is 2.60 bits per heavy atom. The van der Waals surface area contributed by atoms with Crippen LogP contribution < -0.4 is 0 Å². The van der Waals surface area contributed by atoms with E-state index in [9.17, 15) is 14.7 Å². The van der Waals surface area contributed by atoms with Gasteiger partial charge >= 0.3 is 0 Å². The number of pyridine rings is 1. The lowest BCUT2D eigenvalue weighted by atomic mass is 9.71. The van der Waals surface area contributed by atoms with Crippen molar-refractivity contribution in [2.45, 2.75) is 37.2 Å². The molecule has 1 aromatic rings. The Bertz CT molecular complexity index is 617. The second-order valence-electron chi connectivity index (χ2n) is 7.11. The molecule has 1 unspecified atom stereocenters. The van der Waals surface area contributed by atoms with Crippen molar-refractivity contribution < 1.29 is 14.7 Å². The fraction of sp³-hybridized carbons (Fsp3) is 0.611. The molecular formula is C18H25N3O3S. The summed E-state index contributed by atoms with van der Waals surface area (Å²) in [5.41, 5.74) is -0.0433. The summed E-state index contributed by atoms with van der Waals surface area (Å²) in [6.45, 7) is 4.10. The van der Waals surface area contributed by atoms with Gasteiger partial charge in [-0.3, -0.25) is 14.6 Å². The summed E-state index contributed by atoms with van der Waals surface area (Å²) in [6.07, 6.45) is 5.42. The van der Waals surface area contributed by atoms with Crippen molar-refractivity contribution in [1.82, 2.24) is 14.8 Å². The third kappa shape index (κ3) is 4.52. The van der Waals surface area contributed by atoms with Gasteiger partial charge in [0.1, 0.15) is 0 Å². The molecule has 2 aliphatic heterocycles. The van der Waals surface area contributed by atoms with Crippen molar-refractivity contribution in [2.24, 2.45) is 5.41 Å². The van der Waals surface area contributed by atoms with E-state index >= 15 is 0 Å². The first-order valence-electron chi connectivity index (χ1n) is 8.72. The maximum atomic E-state index is 12.5. The second-order valence-corrected chi connectivity index (χ2v) is 8.16. The number of β-amino-alcohol motifs (C(OH)–C–C–N with tert-alkyl or cyclic N) is 1. The third-order valence-corrected chi connectivity index (χ3v) is 6.26. The summed E-state index contributed by atoms with van der Waals surface area (Å²) in [4.78, 5) is 32.9. The average molecular weight is 363 g/mol. The molecule has 2 fully saturated rings. The first-order chi connectivity index (χ1) is 12.0. The standard InChI is InChI=1S/C18H25N3O3S/c1-14(22)21-11-15(23)10-18(13-21)4-8-20(9-5-18)17(24)12-25-16-2-6-19-7-3-16/h2-3,6-7,15,23H,4-5,8-13H2,1H3. The zero-order valence-electron chi connectivity index (χ0n) is 14.6. The van der Waals surface area contributed by atoms with Gasteiger partial charge in [-0.05, 0) is 36.8 Å². The minimum atomic E-state index is -0.456. The lowest BCUT2D eigenvalue weighted by Crippen LogP contribution is -2.55. The van der Waals surface area contributed by atoms with Crippen LogP contribution in [0.3, 0.4) is 0 Å². The van der Waals surface area contributed by atoms with E-state index in [1.54, 1.807) is 24.2 Å². The lowest BCUT2D eigenvalue weighted by molar-refractivity contribution is -0.141. The SMILES string of the molecule is CC(=O)N1CC(O)CC2(CCN(C(=O)CSc3ccncc3)CC2)C1. The number of rotatable bonds is 3. The molecule has 0 radical (unpaired) electrons. The van der Waals surface area contributed by atoms with Gasteiger partial charge in [-0.1, -0.05) is 0 Å². The van der Waals surface area contributed by atoms with E-state index in [0.717, 1.165) is 24.2 Å². The first kappa shape index (κ1) is 18.2. The summed E-state index contributed by atoms with van der Waals surface area (Å²) >= 11 is 1.53. The number of nitrogens with zero attached hydrogens (tertiary/aromatic N) is 3. The van der Waals surface area contributed by atoms with E-state index in [-0.39, 0.29) is 17.2 Å². The molecule has 136 valence electrons. The van der Waals surface area contributed by atoms with Crippen molar-refractivity contribution in [1.29, 1.82) is 0 Å². The fourth-order valence-corrected chi connectivity index (χ4v) is 4.64. The van der Waals surface area contributed by atoms with E-state index in [4.69, 9.17) is 0 Å². The number of likely N-dealkylation sites (tertiary alicyclic amines) is 2. The Morgan fingerprint density at radius 2 is 1.96 bits per heavy atom.